The molecule has 0 radical (unpaired) electrons. The summed E-state index contributed by atoms with van der Waals surface area (Å²) < 4.78 is 1.99. The molecule has 3 rings (SSSR count). The van der Waals surface area contributed by atoms with Crippen LogP contribution in [0.4, 0.5) is 0 Å². The van der Waals surface area contributed by atoms with Crippen LogP contribution in [-0.2, 0) is 30.8 Å². The molecule has 0 spiro atoms. The molecule has 35 heavy (non-hydrogen) atoms. The number of nitrogens with zero attached hydrogens (tertiary/aromatic N) is 1. The van der Waals surface area contributed by atoms with E-state index in [2.05, 4.69) is 52.6 Å². The smallest absolute Gasteiger partial charge is 0.147 e. The molecule has 0 unspecified atom stereocenters. The van der Waals surface area contributed by atoms with Crippen LogP contribution in [0.1, 0.15) is 75.1 Å². The summed E-state index contributed by atoms with van der Waals surface area (Å²) in [5.41, 5.74) is 6.72. The zero-order valence-corrected chi connectivity index (χ0v) is 25.6. The molecular weight excluding hydrogens is 513 g/mol. The number of hydrogen-bond acceptors (Lipinski definition) is 3. The first-order valence-corrected chi connectivity index (χ1v) is 12.1. The molecular formula is C29H41Cl2NO2Ti. The second kappa shape index (κ2) is 15.5. The average Bonchev–Trinajstić information content (AvgIpc) is 2.71. The minimum Gasteiger partial charge on any atom is -0.147 e. The Morgan fingerprint density at radius 3 is 1.29 bits per heavy atom. The molecule has 0 saturated heterocycles. The van der Waals surface area contributed by atoms with Crippen molar-refractivity contribution in [1.82, 2.24) is 4.98 Å². The fourth-order valence-electron chi connectivity index (χ4n) is 3.07. The molecule has 6 heteroatoms. The summed E-state index contributed by atoms with van der Waals surface area (Å²) in [6.45, 7) is 18.7. The van der Waals surface area contributed by atoms with Gasteiger partial charge in [0.1, 0.15) is 11.5 Å². The van der Waals surface area contributed by atoms with Gasteiger partial charge in [-0.3, -0.25) is 0 Å². The van der Waals surface area contributed by atoms with Crippen LogP contribution in [0.2, 0.25) is 0 Å². The molecule has 0 amide bonds. The minimum atomic E-state index is 0. The molecule has 0 atom stereocenters. The van der Waals surface area contributed by atoms with Gasteiger partial charge in [0.05, 0.1) is 0 Å². The molecule has 0 bridgehead atoms. The fourth-order valence-corrected chi connectivity index (χ4v) is 3.33. The zero-order valence-electron chi connectivity index (χ0n) is 22.4. The number of phenolic OH excluding ortho intramolecular Hbond substituents is 2. The standard InChI is InChI=1S/2C11H16O.C7H7N.2ClH.Ti/c2*1-8-5-6-10(12)9(7-8)11(2,3)4;1-6-3-4-7(2)8-5-6;;;/h2*5-7,12H,1-4H3;2-5H,1H3;2*1H;. The number of aryl methyl sites for hydroxylation is 3. The summed E-state index contributed by atoms with van der Waals surface area (Å²) in [4.78, 5) is 4.14. The molecule has 3 nitrogen and oxygen atoms in total. The Morgan fingerprint density at radius 1 is 0.657 bits per heavy atom. The van der Waals surface area contributed by atoms with Gasteiger partial charge in [-0.25, -0.2) is 0 Å². The monoisotopic (exact) mass is 553 g/mol. The van der Waals surface area contributed by atoms with Gasteiger partial charge in [0, 0.05) is 0 Å². The van der Waals surface area contributed by atoms with Gasteiger partial charge in [0.15, 0.2) is 0 Å². The minimum absolute atomic E-state index is 0. The third-order valence-electron chi connectivity index (χ3n) is 5.00. The van der Waals surface area contributed by atoms with Crippen molar-refractivity contribution in [2.24, 2.45) is 0 Å². The summed E-state index contributed by atoms with van der Waals surface area (Å²) in [5, 5.41) is 19.1. The molecule has 0 aliphatic heterocycles. The number of halogens is 2. The zero-order chi connectivity index (χ0) is 25.4. The molecule has 0 aliphatic rings. The maximum atomic E-state index is 9.57. The number of aromatic nitrogens is 1. The van der Waals surface area contributed by atoms with Crippen LogP contribution in [0, 0.1) is 20.8 Å². The van der Waals surface area contributed by atoms with E-state index in [0.29, 0.717) is 11.5 Å². The van der Waals surface area contributed by atoms with Crippen LogP contribution in [0.5, 0.6) is 11.5 Å². The van der Waals surface area contributed by atoms with Gasteiger partial charge >= 0.3 is 65.8 Å². The normalized spacial score (nSPS) is 10.3. The van der Waals surface area contributed by atoms with E-state index in [1.165, 1.54) is 16.7 Å². The molecule has 2 aromatic carbocycles. The Hall–Kier alpha value is -1.65. The fraction of sp³-hybridized carbons (Fsp3) is 0.379. The van der Waals surface area contributed by atoms with Gasteiger partial charge in [0.2, 0.25) is 0 Å². The van der Waals surface area contributed by atoms with Gasteiger partial charge in [-0.15, -0.1) is 24.8 Å². The van der Waals surface area contributed by atoms with Crippen LogP contribution in [0.3, 0.4) is 0 Å². The number of hydrogen-bond donors (Lipinski definition) is 2. The van der Waals surface area contributed by atoms with Crippen molar-refractivity contribution < 1.29 is 30.2 Å². The molecule has 192 valence electrons. The summed E-state index contributed by atoms with van der Waals surface area (Å²) in [6, 6.07) is 15.5. The van der Waals surface area contributed by atoms with Crippen LogP contribution >= 0.6 is 24.8 Å². The number of phenols is 2. The summed E-state index contributed by atoms with van der Waals surface area (Å²) >= 11 is 1.98. The molecule has 0 aliphatic carbocycles. The number of benzene rings is 2. The first-order valence-electron chi connectivity index (χ1n) is 11.2. The first kappa shape index (κ1) is 35.5. The largest absolute Gasteiger partial charge is 0.147 e. The van der Waals surface area contributed by atoms with Crippen LogP contribution in [0.25, 0.3) is 0 Å². The molecule has 0 fully saturated rings. The van der Waals surface area contributed by atoms with Crippen molar-refractivity contribution in [3.05, 3.63) is 88.2 Å². The predicted octanol–water partition coefficient (Wildman–Crippen LogP) is 7.93. The molecule has 3 aromatic rings. The molecule has 1 heterocycles. The third kappa shape index (κ3) is 12.7. The van der Waals surface area contributed by atoms with Gasteiger partial charge in [-0.2, -0.15) is 0 Å². The van der Waals surface area contributed by atoms with E-state index in [1.54, 1.807) is 12.1 Å². The first-order chi connectivity index (χ1) is 15.1. The third-order valence-corrected chi connectivity index (χ3v) is 5.46. The molecule has 0 saturated carbocycles. The van der Waals surface area contributed by atoms with E-state index in [9.17, 15) is 10.2 Å². The number of rotatable bonds is 1. The van der Waals surface area contributed by atoms with Crippen molar-refractivity contribution in [2.75, 3.05) is 0 Å². The van der Waals surface area contributed by atoms with E-state index < -0.39 is 0 Å². The van der Waals surface area contributed by atoms with Gasteiger partial charge in [-0.1, -0.05) is 76.9 Å². The topological polar surface area (TPSA) is 53.4 Å². The van der Waals surface area contributed by atoms with E-state index in [0.717, 1.165) is 16.8 Å². The summed E-state index contributed by atoms with van der Waals surface area (Å²) in [6.07, 6.45) is 1.87. The van der Waals surface area contributed by atoms with E-state index in [4.69, 9.17) is 0 Å². The maximum absolute atomic E-state index is 9.57. The Balaban J connectivity index is 0. The van der Waals surface area contributed by atoms with Crippen LogP contribution < -0.4 is 0 Å². The Labute approximate surface area is 236 Å². The molecule has 1 aromatic heterocycles. The predicted molar refractivity (Wildman–Crippen MR) is 152 cm³/mol. The number of pyridine rings is 1. The Kier molecular flexibility index (Phi) is 15.7. The van der Waals surface area contributed by atoms with Crippen molar-refractivity contribution in [2.45, 2.75) is 73.1 Å². The van der Waals surface area contributed by atoms with Crippen LogP contribution in [-0.4, -0.2) is 19.5 Å². The average molecular weight is 554 g/mol. The van der Waals surface area contributed by atoms with Crippen molar-refractivity contribution in [3.63, 3.8) is 0 Å². The quantitative estimate of drug-likeness (QED) is 0.301. The second-order valence-electron chi connectivity index (χ2n) is 10.4. The SMILES string of the molecule is Cc1ccc(O)c(C(C)(C)C)c1.Cc1ccc(O)c(C(C)(C)C)c1.Cc1ccc([CH]=[Ti])nc1.Cl.Cl. The Morgan fingerprint density at radius 2 is 1.03 bits per heavy atom. The summed E-state index contributed by atoms with van der Waals surface area (Å²) in [5.74, 6) is 0.793. The van der Waals surface area contributed by atoms with Crippen molar-refractivity contribution in [1.29, 1.82) is 0 Å². The second-order valence-corrected chi connectivity index (χ2v) is 10.9. The Bertz CT molecular complexity index is 992. The van der Waals surface area contributed by atoms with E-state index in [1.807, 2.05) is 81.6 Å². The molecule has 2 N–H and O–H groups in total. The summed E-state index contributed by atoms with van der Waals surface area (Å²) in [7, 11) is 0. The van der Waals surface area contributed by atoms with Gasteiger partial charge < -0.3 is 10.2 Å². The van der Waals surface area contributed by atoms with Crippen molar-refractivity contribution >= 4 is 29.1 Å². The van der Waals surface area contributed by atoms with Crippen LogP contribution in [0.15, 0.2) is 54.7 Å². The van der Waals surface area contributed by atoms with Gasteiger partial charge in [0.25, 0.3) is 0 Å². The van der Waals surface area contributed by atoms with E-state index >= 15 is 0 Å². The maximum Gasteiger partial charge on any atom is -0.147 e. The van der Waals surface area contributed by atoms with E-state index in [-0.39, 0.29) is 35.6 Å². The van der Waals surface area contributed by atoms with Gasteiger partial charge in [-0.05, 0) is 47.9 Å². The van der Waals surface area contributed by atoms with Crippen molar-refractivity contribution in [3.8, 4) is 11.5 Å². The number of aromatic hydroxyl groups is 2.